The first-order valence-corrected chi connectivity index (χ1v) is 8.20. The third kappa shape index (κ3) is 3.30. The van der Waals surface area contributed by atoms with Crippen LogP contribution in [0.1, 0.15) is 42.6 Å². The molecule has 110 valence electrons. The first-order chi connectivity index (χ1) is 10.1. The molecule has 3 rings (SSSR count). The van der Waals surface area contributed by atoms with Crippen LogP contribution >= 0.6 is 15.9 Å². The quantitative estimate of drug-likeness (QED) is 0.830. The fourth-order valence-corrected chi connectivity index (χ4v) is 3.51. The maximum absolute atomic E-state index is 9.65. The van der Waals surface area contributed by atoms with Crippen LogP contribution in [0, 0.1) is 0 Å². The van der Waals surface area contributed by atoms with Crippen molar-refractivity contribution < 1.29 is 9.84 Å². The van der Waals surface area contributed by atoms with Gasteiger partial charge in [-0.05, 0) is 73.6 Å². The standard InChI is InChI=1S/C18H19BrO2/c1-12(20)17-9-8-16(11-18(17)19)21-15-7-6-13-4-2-3-5-14(13)10-15/h6-12,20H,2-5H2,1H3/t12-/m1/s1. The Morgan fingerprint density at radius 1 is 1.00 bits per heavy atom. The predicted molar refractivity (Wildman–Crippen MR) is 87.9 cm³/mol. The van der Waals surface area contributed by atoms with Crippen LogP contribution in [0.25, 0.3) is 0 Å². The second-order valence-electron chi connectivity index (χ2n) is 5.60. The number of fused-ring (bicyclic) bond motifs is 1. The Morgan fingerprint density at radius 3 is 2.38 bits per heavy atom. The largest absolute Gasteiger partial charge is 0.457 e. The molecule has 0 aliphatic heterocycles. The average molecular weight is 347 g/mol. The van der Waals surface area contributed by atoms with E-state index in [-0.39, 0.29) is 0 Å². The van der Waals surface area contributed by atoms with Crippen molar-refractivity contribution in [3.63, 3.8) is 0 Å². The van der Waals surface area contributed by atoms with Crippen molar-refractivity contribution >= 4 is 15.9 Å². The maximum Gasteiger partial charge on any atom is 0.128 e. The van der Waals surface area contributed by atoms with E-state index in [1.165, 1.54) is 30.4 Å². The molecule has 21 heavy (non-hydrogen) atoms. The molecule has 2 nitrogen and oxygen atoms in total. The lowest BCUT2D eigenvalue weighted by molar-refractivity contribution is 0.198. The van der Waals surface area contributed by atoms with E-state index in [1.54, 1.807) is 6.92 Å². The number of rotatable bonds is 3. The molecule has 3 heteroatoms. The van der Waals surface area contributed by atoms with Crippen molar-refractivity contribution in [2.75, 3.05) is 0 Å². The molecular formula is C18H19BrO2. The fourth-order valence-electron chi connectivity index (χ4n) is 2.82. The van der Waals surface area contributed by atoms with Gasteiger partial charge in [0.1, 0.15) is 11.5 Å². The molecule has 2 aromatic carbocycles. The third-order valence-electron chi connectivity index (χ3n) is 3.98. The Hall–Kier alpha value is -1.32. The zero-order valence-electron chi connectivity index (χ0n) is 12.1. The molecule has 0 spiro atoms. The lowest BCUT2D eigenvalue weighted by atomic mass is 9.92. The summed E-state index contributed by atoms with van der Waals surface area (Å²) in [5, 5.41) is 9.65. The fraction of sp³-hybridized carbons (Fsp3) is 0.333. The number of aliphatic hydroxyl groups is 1. The first kappa shape index (κ1) is 14.6. The molecule has 0 saturated carbocycles. The van der Waals surface area contributed by atoms with Gasteiger partial charge in [-0.3, -0.25) is 0 Å². The molecule has 0 radical (unpaired) electrons. The number of benzene rings is 2. The van der Waals surface area contributed by atoms with Gasteiger partial charge in [0.25, 0.3) is 0 Å². The summed E-state index contributed by atoms with van der Waals surface area (Å²) in [6.45, 7) is 1.75. The highest BCUT2D eigenvalue weighted by molar-refractivity contribution is 9.10. The SMILES string of the molecule is C[C@@H](O)c1ccc(Oc2ccc3c(c2)CCCC3)cc1Br. The average Bonchev–Trinajstić information content (AvgIpc) is 2.47. The molecule has 0 amide bonds. The Bertz CT molecular complexity index is 650. The summed E-state index contributed by atoms with van der Waals surface area (Å²) in [5.41, 5.74) is 3.74. The van der Waals surface area contributed by atoms with E-state index < -0.39 is 6.10 Å². The minimum atomic E-state index is -0.489. The molecule has 1 atom stereocenters. The Morgan fingerprint density at radius 2 is 1.67 bits per heavy atom. The van der Waals surface area contributed by atoms with Crippen molar-refractivity contribution in [2.24, 2.45) is 0 Å². The molecule has 0 saturated heterocycles. The number of ether oxygens (including phenoxy) is 1. The zero-order chi connectivity index (χ0) is 14.8. The molecule has 1 N–H and O–H groups in total. The van der Waals surface area contributed by atoms with E-state index in [2.05, 4.69) is 28.1 Å². The first-order valence-electron chi connectivity index (χ1n) is 7.40. The molecule has 0 unspecified atom stereocenters. The van der Waals surface area contributed by atoms with E-state index >= 15 is 0 Å². The minimum Gasteiger partial charge on any atom is -0.457 e. The monoisotopic (exact) mass is 346 g/mol. The van der Waals surface area contributed by atoms with Gasteiger partial charge in [0, 0.05) is 4.47 Å². The minimum absolute atomic E-state index is 0.489. The lowest BCUT2D eigenvalue weighted by Gasteiger charge is -2.17. The van der Waals surface area contributed by atoms with Gasteiger partial charge in [0.15, 0.2) is 0 Å². The number of hydrogen-bond donors (Lipinski definition) is 1. The predicted octanol–water partition coefficient (Wildman–Crippen LogP) is 5.17. The molecule has 0 heterocycles. The zero-order valence-corrected chi connectivity index (χ0v) is 13.7. The van der Waals surface area contributed by atoms with Gasteiger partial charge >= 0.3 is 0 Å². The summed E-state index contributed by atoms with van der Waals surface area (Å²) in [6.07, 6.45) is 4.41. The molecular weight excluding hydrogens is 328 g/mol. The molecule has 1 aliphatic carbocycles. The van der Waals surface area contributed by atoms with Crippen LogP contribution in [0.15, 0.2) is 40.9 Å². The Balaban J connectivity index is 1.82. The summed E-state index contributed by atoms with van der Waals surface area (Å²) in [6, 6.07) is 12.1. The molecule has 2 aromatic rings. The van der Waals surface area contributed by atoms with Gasteiger partial charge < -0.3 is 9.84 Å². The summed E-state index contributed by atoms with van der Waals surface area (Å²) >= 11 is 3.48. The van der Waals surface area contributed by atoms with Crippen molar-refractivity contribution in [1.82, 2.24) is 0 Å². The van der Waals surface area contributed by atoms with Crippen LogP contribution in [0.3, 0.4) is 0 Å². The van der Waals surface area contributed by atoms with Gasteiger partial charge in [0.05, 0.1) is 6.10 Å². The van der Waals surface area contributed by atoms with E-state index in [0.717, 1.165) is 28.0 Å². The number of halogens is 1. The summed E-state index contributed by atoms with van der Waals surface area (Å²) in [7, 11) is 0. The Kier molecular flexibility index (Phi) is 4.32. The number of aryl methyl sites for hydroxylation is 2. The van der Waals surface area contributed by atoms with E-state index in [1.807, 2.05) is 24.3 Å². The van der Waals surface area contributed by atoms with Gasteiger partial charge in [-0.25, -0.2) is 0 Å². The van der Waals surface area contributed by atoms with Crippen LogP contribution in [0.5, 0.6) is 11.5 Å². The lowest BCUT2D eigenvalue weighted by Crippen LogP contribution is -2.02. The summed E-state index contributed by atoms with van der Waals surface area (Å²) in [5.74, 6) is 1.66. The van der Waals surface area contributed by atoms with Crippen LogP contribution in [-0.2, 0) is 12.8 Å². The summed E-state index contributed by atoms with van der Waals surface area (Å²) < 4.78 is 6.82. The van der Waals surface area contributed by atoms with Crippen molar-refractivity contribution in [3.05, 3.63) is 57.6 Å². The third-order valence-corrected chi connectivity index (χ3v) is 4.66. The van der Waals surface area contributed by atoms with Gasteiger partial charge in [-0.2, -0.15) is 0 Å². The number of hydrogen-bond acceptors (Lipinski definition) is 2. The summed E-state index contributed by atoms with van der Waals surface area (Å²) in [4.78, 5) is 0. The molecule has 0 fully saturated rings. The van der Waals surface area contributed by atoms with Crippen LogP contribution in [0.2, 0.25) is 0 Å². The highest BCUT2D eigenvalue weighted by Gasteiger charge is 2.11. The van der Waals surface area contributed by atoms with Gasteiger partial charge in [-0.15, -0.1) is 0 Å². The second-order valence-corrected chi connectivity index (χ2v) is 6.45. The molecule has 0 bridgehead atoms. The van der Waals surface area contributed by atoms with E-state index in [4.69, 9.17) is 4.74 Å². The smallest absolute Gasteiger partial charge is 0.128 e. The number of aliphatic hydroxyl groups excluding tert-OH is 1. The highest BCUT2D eigenvalue weighted by Crippen LogP contribution is 2.32. The van der Waals surface area contributed by atoms with Crippen LogP contribution in [0.4, 0.5) is 0 Å². The van der Waals surface area contributed by atoms with Gasteiger partial charge in [-0.1, -0.05) is 28.1 Å². The second kappa shape index (κ2) is 6.20. The van der Waals surface area contributed by atoms with Crippen molar-refractivity contribution in [1.29, 1.82) is 0 Å². The maximum atomic E-state index is 9.65. The highest BCUT2D eigenvalue weighted by atomic mass is 79.9. The van der Waals surface area contributed by atoms with Crippen LogP contribution < -0.4 is 4.74 Å². The molecule has 1 aliphatic rings. The van der Waals surface area contributed by atoms with Gasteiger partial charge in [0.2, 0.25) is 0 Å². The normalized spacial score (nSPS) is 15.4. The topological polar surface area (TPSA) is 29.5 Å². The van der Waals surface area contributed by atoms with Crippen molar-refractivity contribution in [2.45, 2.75) is 38.7 Å². The van der Waals surface area contributed by atoms with E-state index in [9.17, 15) is 5.11 Å². The van der Waals surface area contributed by atoms with Crippen LogP contribution in [-0.4, -0.2) is 5.11 Å². The Labute approximate surface area is 133 Å². The van der Waals surface area contributed by atoms with Crippen molar-refractivity contribution in [3.8, 4) is 11.5 Å². The molecule has 0 aromatic heterocycles. The van der Waals surface area contributed by atoms with E-state index in [0.29, 0.717) is 0 Å².